The Bertz CT molecular complexity index is 1550. The average molecular weight is 587 g/mol. The van der Waals surface area contributed by atoms with Crippen LogP contribution >= 0.6 is 27.3 Å². The lowest BCUT2D eigenvalue weighted by Crippen LogP contribution is -2.39. The maximum absolute atomic E-state index is 13.8. The van der Waals surface area contributed by atoms with E-state index in [1.807, 2.05) is 38.1 Å². The van der Waals surface area contributed by atoms with Gasteiger partial charge in [0.25, 0.3) is 5.56 Å². The maximum Gasteiger partial charge on any atom is 0.338 e. The highest BCUT2D eigenvalue weighted by Gasteiger charge is 2.33. The highest BCUT2D eigenvalue weighted by Crippen LogP contribution is 2.34. The van der Waals surface area contributed by atoms with Crippen LogP contribution in [0.15, 0.2) is 61.9 Å². The number of carbonyl (C=O) groups excluding carboxylic acids is 1. The van der Waals surface area contributed by atoms with Crippen LogP contribution in [0.3, 0.4) is 0 Å². The highest BCUT2D eigenvalue weighted by atomic mass is 79.9. The molecule has 0 fully saturated rings. The lowest BCUT2D eigenvalue weighted by molar-refractivity contribution is -0.139. The maximum atomic E-state index is 13.8. The minimum atomic E-state index is -0.740. The summed E-state index contributed by atoms with van der Waals surface area (Å²) in [7, 11) is 1.45. The number of fused-ring (bicyclic) bond motifs is 1. The molecule has 1 aliphatic heterocycles. The first kappa shape index (κ1) is 26.7. The topological polar surface area (TPSA) is 99.4 Å². The summed E-state index contributed by atoms with van der Waals surface area (Å²) in [5, 5.41) is 10.6. The third kappa shape index (κ3) is 5.35. The number of esters is 1. The molecule has 1 aromatic heterocycles. The summed E-state index contributed by atoms with van der Waals surface area (Å²) in [5.41, 5.74) is 1.55. The van der Waals surface area contributed by atoms with E-state index in [-0.39, 0.29) is 29.8 Å². The monoisotopic (exact) mass is 586 g/mol. The van der Waals surface area contributed by atoms with Crippen LogP contribution in [0.1, 0.15) is 44.9 Å². The van der Waals surface area contributed by atoms with Gasteiger partial charge < -0.3 is 19.3 Å². The summed E-state index contributed by atoms with van der Waals surface area (Å²) in [6.07, 6.45) is 1.60. The van der Waals surface area contributed by atoms with E-state index in [4.69, 9.17) is 14.2 Å². The molecule has 0 saturated heterocycles. The lowest BCUT2D eigenvalue weighted by Gasteiger charge is -2.25. The molecule has 4 rings (SSSR count). The van der Waals surface area contributed by atoms with Crippen molar-refractivity contribution >= 4 is 39.3 Å². The Kier molecular flexibility index (Phi) is 7.89. The number of carbonyl (C=O) groups is 1. The Morgan fingerprint density at radius 3 is 2.59 bits per heavy atom. The zero-order valence-corrected chi connectivity index (χ0v) is 23.5. The first-order chi connectivity index (χ1) is 17.6. The molecule has 10 heteroatoms. The van der Waals surface area contributed by atoms with Crippen molar-refractivity contribution in [3.8, 4) is 17.2 Å². The molecule has 8 nitrogen and oxygen atoms in total. The second-order valence-corrected chi connectivity index (χ2v) is 10.5. The molecule has 0 spiro atoms. The quantitative estimate of drug-likeness (QED) is 0.419. The summed E-state index contributed by atoms with van der Waals surface area (Å²) in [6.45, 7) is 7.54. The smallest absolute Gasteiger partial charge is 0.338 e. The van der Waals surface area contributed by atoms with Gasteiger partial charge in [-0.25, -0.2) is 9.79 Å². The molecule has 1 unspecified atom stereocenters. The minimum absolute atomic E-state index is 0.00817. The van der Waals surface area contributed by atoms with Crippen LogP contribution in [0.2, 0.25) is 0 Å². The number of thiazole rings is 1. The zero-order valence-electron chi connectivity index (χ0n) is 21.1. The first-order valence-electron chi connectivity index (χ1n) is 11.7. The van der Waals surface area contributed by atoms with Gasteiger partial charge in [-0.2, -0.15) is 0 Å². The van der Waals surface area contributed by atoms with E-state index in [1.165, 1.54) is 23.0 Å². The molecule has 1 aliphatic rings. The predicted molar refractivity (Wildman–Crippen MR) is 145 cm³/mol. The van der Waals surface area contributed by atoms with Crippen molar-refractivity contribution < 1.29 is 24.1 Å². The lowest BCUT2D eigenvalue weighted by atomic mass is 9.96. The molecule has 0 radical (unpaired) electrons. The molecule has 0 amide bonds. The number of rotatable bonds is 7. The molecule has 2 aromatic carbocycles. The van der Waals surface area contributed by atoms with E-state index >= 15 is 0 Å². The number of methoxy groups -OCH3 is 1. The number of hydrogen-bond acceptors (Lipinski definition) is 8. The van der Waals surface area contributed by atoms with Gasteiger partial charge in [0.15, 0.2) is 16.3 Å². The van der Waals surface area contributed by atoms with Gasteiger partial charge in [-0.15, -0.1) is 0 Å². The Morgan fingerprint density at radius 2 is 1.97 bits per heavy atom. The number of ether oxygens (including phenoxy) is 3. The fourth-order valence-corrected chi connectivity index (χ4v) is 5.60. The van der Waals surface area contributed by atoms with Gasteiger partial charge in [-0.3, -0.25) is 9.36 Å². The van der Waals surface area contributed by atoms with E-state index in [0.29, 0.717) is 42.0 Å². The molecule has 3 aromatic rings. The van der Waals surface area contributed by atoms with Crippen LogP contribution in [0.4, 0.5) is 0 Å². The van der Waals surface area contributed by atoms with Crippen LogP contribution in [-0.2, 0) is 9.53 Å². The van der Waals surface area contributed by atoms with E-state index in [9.17, 15) is 14.7 Å². The number of hydrogen-bond donors (Lipinski definition) is 1. The number of aromatic hydroxyl groups is 1. The van der Waals surface area contributed by atoms with Gasteiger partial charge in [0.2, 0.25) is 0 Å². The van der Waals surface area contributed by atoms with Crippen molar-refractivity contribution in [2.24, 2.45) is 4.99 Å². The third-order valence-electron chi connectivity index (χ3n) is 5.66. The van der Waals surface area contributed by atoms with E-state index in [1.54, 1.807) is 32.1 Å². The Morgan fingerprint density at radius 1 is 1.27 bits per heavy atom. The number of benzene rings is 2. The first-order valence-corrected chi connectivity index (χ1v) is 13.3. The van der Waals surface area contributed by atoms with Crippen LogP contribution < -0.4 is 24.4 Å². The molecule has 0 bridgehead atoms. The van der Waals surface area contributed by atoms with Crippen molar-refractivity contribution in [2.45, 2.75) is 39.8 Å². The Balaban J connectivity index is 1.93. The van der Waals surface area contributed by atoms with Crippen LogP contribution in [0, 0.1) is 0 Å². The van der Waals surface area contributed by atoms with Crippen molar-refractivity contribution in [3.05, 3.63) is 83.0 Å². The second-order valence-electron chi connectivity index (χ2n) is 8.58. The highest BCUT2D eigenvalue weighted by molar-refractivity contribution is 9.10. The molecule has 194 valence electrons. The van der Waals surface area contributed by atoms with Gasteiger partial charge in [-0.05, 0) is 63.6 Å². The summed E-state index contributed by atoms with van der Waals surface area (Å²) in [4.78, 5) is 31.8. The largest absolute Gasteiger partial charge is 0.504 e. The SMILES string of the molecule is CCOC(=O)C1=C(C)N=c2s/c(=C/c3cc(Br)cc(OC)c3O)c(=O)n2C1c1ccc(OC(C)C)cc1. The summed E-state index contributed by atoms with van der Waals surface area (Å²) >= 11 is 4.58. The number of nitrogens with zero attached hydrogens (tertiary/aromatic N) is 2. The molecule has 0 aliphatic carbocycles. The Labute approximate surface area is 226 Å². The van der Waals surface area contributed by atoms with E-state index in [2.05, 4.69) is 20.9 Å². The van der Waals surface area contributed by atoms with E-state index in [0.717, 1.165) is 0 Å². The predicted octanol–water partition coefficient (Wildman–Crippen LogP) is 4.06. The molecular weight excluding hydrogens is 560 g/mol. The van der Waals surface area contributed by atoms with Gasteiger partial charge in [-0.1, -0.05) is 39.4 Å². The fraction of sp³-hybridized carbons (Fsp3) is 0.296. The average Bonchev–Trinajstić information content (AvgIpc) is 3.14. The minimum Gasteiger partial charge on any atom is -0.504 e. The van der Waals surface area contributed by atoms with E-state index < -0.39 is 12.0 Å². The number of allylic oxidation sites excluding steroid dienone is 1. The van der Waals surface area contributed by atoms with Crippen molar-refractivity contribution in [1.29, 1.82) is 0 Å². The van der Waals surface area contributed by atoms with Crippen molar-refractivity contribution in [2.75, 3.05) is 13.7 Å². The normalized spacial score (nSPS) is 15.4. The van der Waals surface area contributed by atoms with Gasteiger partial charge >= 0.3 is 5.97 Å². The van der Waals surface area contributed by atoms with Crippen LogP contribution in [-0.4, -0.2) is 35.5 Å². The van der Waals surface area contributed by atoms with Gasteiger partial charge in [0.1, 0.15) is 5.75 Å². The standard InChI is InChI=1S/C27H27BrN2O6S/c1-6-35-26(33)22-15(4)29-27-30(23(22)16-7-9-19(10-8-16)36-14(2)3)25(32)21(37-27)12-17-11-18(28)13-20(34-5)24(17)31/h7-14,23,31H,6H2,1-5H3/b21-12+. The molecular formula is C27H27BrN2O6S. The summed E-state index contributed by atoms with van der Waals surface area (Å²) in [5.74, 6) is 0.344. The molecule has 1 N–H and O–H groups in total. The third-order valence-corrected chi connectivity index (χ3v) is 7.10. The molecule has 2 heterocycles. The van der Waals surface area contributed by atoms with Crippen molar-refractivity contribution in [3.63, 3.8) is 0 Å². The number of phenols is 1. The number of aromatic nitrogens is 1. The Hall–Kier alpha value is -3.37. The fourth-order valence-electron chi connectivity index (χ4n) is 4.11. The number of phenolic OH excluding ortho intramolecular Hbond substituents is 1. The summed E-state index contributed by atoms with van der Waals surface area (Å²) in [6, 6.07) is 9.89. The molecule has 37 heavy (non-hydrogen) atoms. The van der Waals surface area contributed by atoms with Crippen LogP contribution in [0.25, 0.3) is 6.08 Å². The zero-order chi connectivity index (χ0) is 26.9. The van der Waals surface area contributed by atoms with Gasteiger partial charge in [0, 0.05) is 10.0 Å². The van der Waals surface area contributed by atoms with Crippen LogP contribution in [0.5, 0.6) is 17.2 Å². The molecule has 0 saturated carbocycles. The summed E-state index contributed by atoms with van der Waals surface area (Å²) < 4.78 is 18.9. The number of halogens is 1. The second kappa shape index (κ2) is 10.9. The van der Waals surface area contributed by atoms with Crippen molar-refractivity contribution in [1.82, 2.24) is 4.57 Å². The van der Waals surface area contributed by atoms with Gasteiger partial charge in [0.05, 0.1) is 41.7 Å². The molecule has 1 atom stereocenters.